The number of nitrogens with one attached hydrogen (secondary N) is 1. The SMILES string of the molecule is CCOC(=O)c1cnc(N)nc1NN. The Kier molecular flexibility index (Phi) is 3.19. The standard InChI is InChI=1S/C7H11N5O2/c1-2-14-6(13)4-3-10-7(8)11-5(4)12-9/h3H,2,9H2,1H3,(H3,8,10,11,12). The monoisotopic (exact) mass is 197 g/mol. The predicted molar refractivity (Wildman–Crippen MR) is 50.2 cm³/mol. The van der Waals surface area contributed by atoms with E-state index in [1.165, 1.54) is 6.20 Å². The molecule has 0 fully saturated rings. The van der Waals surface area contributed by atoms with Crippen molar-refractivity contribution in [1.82, 2.24) is 9.97 Å². The largest absolute Gasteiger partial charge is 0.462 e. The fraction of sp³-hybridized carbons (Fsp3) is 0.286. The van der Waals surface area contributed by atoms with Gasteiger partial charge in [0.25, 0.3) is 0 Å². The lowest BCUT2D eigenvalue weighted by Gasteiger charge is -2.06. The Hall–Kier alpha value is -1.89. The molecule has 0 atom stereocenters. The topological polar surface area (TPSA) is 116 Å². The van der Waals surface area contributed by atoms with E-state index in [0.717, 1.165) is 0 Å². The summed E-state index contributed by atoms with van der Waals surface area (Å²) in [6.07, 6.45) is 1.26. The van der Waals surface area contributed by atoms with Gasteiger partial charge < -0.3 is 15.9 Å². The first-order valence-corrected chi connectivity index (χ1v) is 3.95. The van der Waals surface area contributed by atoms with Gasteiger partial charge >= 0.3 is 5.97 Å². The van der Waals surface area contributed by atoms with Crippen LogP contribution in [-0.2, 0) is 4.74 Å². The lowest BCUT2D eigenvalue weighted by molar-refractivity contribution is 0.0526. The highest BCUT2D eigenvalue weighted by atomic mass is 16.5. The molecule has 0 aliphatic heterocycles. The van der Waals surface area contributed by atoms with E-state index in [9.17, 15) is 4.79 Å². The molecule has 1 rings (SSSR count). The van der Waals surface area contributed by atoms with Gasteiger partial charge in [0.1, 0.15) is 5.56 Å². The number of hydrazine groups is 1. The smallest absolute Gasteiger partial charge is 0.343 e. The van der Waals surface area contributed by atoms with Crippen molar-refractivity contribution >= 4 is 17.7 Å². The summed E-state index contributed by atoms with van der Waals surface area (Å²) in [6.45, 7) is 1.97. The van der Waals surface area contributed by atoms with Crippen LogP contribution in [0, 0.1) is 0 Å². The molecule has 1 aromatic rings. The molecule has 1 heterocycles. The third-order valence-electron chi connectivity index (χ3n) is 1.44. The molecule has 0 saturated heterocycles. The number of carbonyl (C=O) groups excluding carboxylic acids is 1. The maximum Gasteiger partial charge on any atom is 0.343 e. The molecule has 0 aliphatic rings. The maximum atomic E-state index is 11.3. The van der Waals surface area contributed by atoms with Gasteiger partial charge in [-0.3, -0.25) is 0 Å². The highest BCUT2D eigenvalue weighted by Crippen LogP contribution is 2.12. The second-order valence-electron chi connectivity index (χ2n) is 2.36. The zero-order valence-corrected chi connectivity index (χ0v) is 7.65. The third kappa shape index (κ3) is 2.07. The second kappa shape index (κ2) is 4.38. The number of carbonyl (C=O) groups is 1. The zero-order valence-electron chi connectivity index (χ0n) is 7.65. The summed E-state index contributed by atoms with van der Waals surface area (Å²) in [6, 6.07) is 0. The van der Waals surface area contributed by atoms with Gasteiger partial charge in [-0.15, -0.1) is 0 Å². The number of aromatic nitrogens is 2. The lowest BCUT2D eigenvalue weighted by atomic mass is 10.3. The molecule has 0 aliphatic carbocycles. The molecule has 0 amide bonds. The fourth-order valence-electron chi connectivity index (χ4n) is 0.864. The van der Waals surface area contributed by atoms with Crippen molar-refractivity contribution < 1.29 is 9.53 Å². The minimum atomic E-state index is -0.541. The number of ether oxygens (including phenoxy) is 1. The Morgan fingerprint density at radius 1 is 1.71 bits per heavy atom. The van der Waals surface area contributed by atoms with Crippen molar-refractivity contribution in [3.05, 3.63) is 11.8 Å². The minimum Gasteiger partial charge on any atom is -0.462 e. The zero-order chi connectivity index (χ0) is 10.6. The van der Waals surface area contributed by atoms with Crippen molar-refractivity contribution in [3.8, 4) is 0 Å². The second-order valence-corrected chi connectivity index (χ2v) is 2.36. The van der Waals surface area contributed by atoms with E-state index in [2.05, 4.69) is 15.4 Å². The van der Waals surface area contributed by atoms with Gasteiger partial charge in [-0.2, -0.15) is 4.98 Å². The fourth-order valence-corrected chi connectivity index (χ4v) is 0.864. The number of hydrogen-bond donors (Lipinski definition) is 3. The van der Waals surface area contributed by atoms with Crippen LogP contribution in [0.5, 0.6) is 0 Å². The Balaban J connectivity index is 3.01. The number of anilines is 2. The summed E-state index contributed by atoms with van der Waals surface area (Å²) in [5, 5.41) is 0. The summed E-state index contributed by atoms with van der Waals surface area (Å²) in [5.41, 5.74) is 7.71. The van der Waals surface area contributed by atoms with Crippen LogP contribution in [0.15, 0.2) is 6.20 Å². The Morgan fingerprint density at radius 2 is 2.43 bits per heavy atom. The van der Waals surface area contributed by atoms with E-state index in [1.807, 2.05) is 0 Å². The molecule has 0 saturated carbocycles. The van der Waals surface area contributed by atoms with Gasteiger partial charge in [-0.05, 0) is 6.92 Å². The first kappa shape index (κ1) is 10.2. The van der Waals surface area contributed by atoms with Crippen molar-refractivity contribution in [1.29, 1.82) is 0 Å². The normalized spacial score (nSPS) is 9.57. The average Bonchev–Trinajstić information content (AvgIpc) is 2.17. The molecule has 7 nitrogen and oxygen atoms in total. The molecule has 1 aromatic heterocycles. The Labute approximate surface area is 80.4 Å². The molecular weight excluding hydrogens is 186 g/mol. The summed E-state index contributed by atoms with van der Waals surface area (Å²) >= 11 is 0. The molecule has 7 heteroatoms. The molecule has 5 N–H and O–H groups in total. The Morgan fingerprint density at radius 3 is 3.00 bits per heavy atom. The van der Waals surface area contributed by atoms with Crippen molar-refractivity contribution in [2.45, 2.75) is 6.92 Å². The maximum absolute atomic E-state index is 11.3. The van der Waals surface area contributed by atoms with Gasteiger partial charge in [-0.1, -0.05) is 0 Å². The number of rotatable bonds is 3. The van der Waals surface area contributed by atoms with Crippen LogP contribution in [0.1, 0.15) is 17.3 Å². The minimum absolute atomic E-state index is 0.0333. The molecule has 0 radical (unpaired) electrons. The number of nitrogens with two attached hydrogens (primary N) is 2. The summed E-state index contributed by atoms with van der Waals surface area (Å²) in [5.74, 6) is 4.79. The number of nitrogens with zero attached hydrogens (tertiary/aromatic N) is 2. The number of hydrogen-bond acceptors (Lipinski definition) is 7. The van der Waals surface area contributed by atoms with E-state index in [0.29, 0.717) is 0 Å². The summed E-state index contributed by atoms with van der Waals surface area (Å²) < 4.78 is 4.75. The van der Waals surface area contributed by atoms with Gasteiger partial charge in [0, 0.05) is 6.20 Å². The highest BCUT2D eigenvalue weighted by Gasteiger charge is 2.13. The van der Waals surface area contributed by atoms with Gasteiger partial charge in [0.2, 0.25) is 5.95 Å². The van der Waals surface area contributed by atoms with E-state index >= 15 is 0 Å². The van der Waals surface area contributed by atoms with Crippen LogP contribution in [0.3, 0.4) is 0 Å². The van der Waals surface area contributed by atoms with E-state index in [-0.39, 0.29) is 23.9 Å². The average molecular weight is 197 g/mol. The van der Waals surface area contributed by atoms with Gasteiger partial charge in [-0.25, -0.2) is 15.6 Å². The number of esters is 1. The van der Waals surface area contributed by atoms with Crippen LogP contribution in [0.2, 0.25) is 0 Å². The van der Waals surface area contributed by atoms with E-state index in [4.69, 9.17) is 16.3 Å². The number of nitrogen functional groups attached to an aromatic ring is 2. The molecule has 14 heavy (non-hydrogen) atoms. The predicted octanol–water partition coefficient (Wildman–Crippen LogP) is -0.479. The van der Waals surface area contributed by atoms with Crippen molar-refractivity contribution in [2.75, 3.05) is 17.8 Å². The molecule has 0 bridgehead atoms. The summed E-state index contributed by atoms with van der Waals surface area (Å²) in [4.78, 5) is 18.7. The van der Waals surface area contributed by atoms with Crippen LogP contribution < -0.4 is 17.0 Å². The van der Waals surface area contributed by atoms with Crippen LogP contribution in [-0.4, -0.2) is 22.5 Å². The molecular formula is C7H11N5O2. The first-order valence-electron chi connectivity index (χ1n) is 3.95. The van der Waals surface area contributed by atoms with E-state index < -0.39 is 5.97 Å². The van der Waals surface area contributed by atoms with Crippen molar-refractivity contribution in [2.24, 2.45) is 5.84 Å². The molecule has 0 unspecified atom stereocenters. The third-order valence-corrected chi connectivity index (χ3v) is 1.44. The highest BCUT2D eigenvalue weighted by molar-refractivity contribution is 5.94. The lowest BCUT2D eigenvalue weighted by Crippen LogP contribution is -2.16. The first-order chi connectivity index (χ1) is 6.69. The van der Waals surface area contributed by atoms with Crippen LogP contribution >= 0.6 is 0 Å². The molecule has 0 spiro atoms. The van der Waals surface area contributed by atoms with Gasteiger partial charge in [0.15, 0.2) is 5.82 Å². The molecule has 76 valence electrons. The van der Waals surface area contributed by atoms with Crippen LogP contribution in [0.25, 0.3) is 0 Å². The van der Waals surface area contributed by atoms with Crippen molar-refractivity contribution in [3.63, 3.8) is 0 Å². The Bertz CT molecular complexity index is 341. The quantitative estimate of drug-likeness (QED) is 0.340. The van der Waals surface area contributed by atoms with Crippen LogP contribution in [0.4, 0.5) is 11.8 Å². The molecule has 0 aromatic carbocycles. The van der Waals surface area contributed by atoms with E-state index in [1.54, 1.807) is 6.92 Å². The van der Waals surface area contributed by atoms with Gasteiger partial charge in [0.05, 0.1) is 6.61 Å². The summed E-state index contributed by atoms with van der Waals surface area (Å²) in [7, 11) is 0.